The van der Waals surface area contributed by atoms with Gasteiger partial charge >= 0.3 is 0 Å². The van der Waals surface area contributed by atoms with Gasteiger partial charge in [0.25, 0.3) is 5.56 Å². The lowest BCUT2D eigenvalue weighted by Crippen LogP contribution is -2.22. The van der Waals surface area contributed by atoms with E-state index in [1.165, 1.54) is 5.56 Å². The van der Waals surface area contributed by atoms with E-state index in [1.54, 1.807) is 6.20 Å². The van der Waals surface area contributed by atoms with Crippen LogP contribution in [0.5, 0.6) is 0 Å². The van der Waals surface area contributed by atoms with Crippen LogP contribution in [0.15, 0.2) is 65.6 Å². The lowest BCUT2D eigenvalue weighted by atomic mass is 10.0. The van der Waals surface area contributed by atoms with Crippen LogP contribution in [-0.2, 0) is 6.42 Å². The van der Waals surface area contributed by atoms with Crippen molar-refractivity contribution in [2.75, 3.05) is 0 Å². The van der Waals surface area contributed by atoms with Gasteiger partial charge in [-0.1, -0.05) is 49.2 Å². The molecule has 130 valence electrons. The van der Waals surface area contributed by atoms with Crippen LogP contribution in [0.4, 0.5) is 0 Å². The third kappa shape index (κ3) is 2.80. The molecule has 0 unspecified atom stereocenters. The first-order valence-electron chi connectivity index (χ1n) is 9.18. The molecule has 2 heterocycles. The highest BCUT2D eigenvalue weighted by Gasteiger charge is 2.14. The first-order valence-corrected chi connectivity index (χ1v) is 9.18. The van der Waals surface area contributed by atoms with Crippen LogP contribution >= 0.6 is 0 Å². The van der Waals surface area contributed by atoms with Crippen molar-refractivity contribution >= 4 is 21.7 Å². The van der Waals surface area contributed by atoms with E-state index < -0.39 is 0 Å². The fourth-order valence-electron chi connectivity index (χ4n) is 3.57. The number of benzene rings is 2. The molecule has 0 amide bonds. The van der Waals surface area contributed by atoms with Crippen molar-refractivity contribution in [2.45, 2.75) is 33.1 Å². The summed E-state index contributed by atoms with van der Waals surface area (Å²) in [6.07, 6.45) is 4.80. The third-order valence-electron chi connectivity index (χ3n) is 4.89. The number of fused-ring (bicyclic) bond motifs is 2. The number of nitrogens with zero attached hydrogens (tertiary/aromatic N) is 2. The summed E-state index contributed by atoms with van der Waals surface area (Å²) in [5.41, 5.74) is 3.98. The molecule has 0 saturated carbocycles. The quantitative estimate of drug-likeness (QED) is 0.511. The second-order valence-corrected chi connectivity index (χ2v) is 6.82. The molecule has 0 radical (unpaired) electrons. The lowest BCUT2D eigenvalue weighted by Gasteiger charge is -2.16. The zero-order valence-corrected chi connectivity index (χ0v) is 15.2. The maximum absolute atomic E-state index is 13.4. The summed E-state index contributed by atoms with van der Waals surface area (Å²) in [4.78, 5) is 18.0. The fourth-order valence-corrected chi connectivity index (χ4v) is 3.57. The van der Waals surface area contributed by atoms with Crippen molar-refractivity contribution in [2.24, 2.45) is 0 Å². The Labute approximate surface area is 152 Å². The minimum atomic E-state index is 0.0340. The van der Waals surface area contributed by atoms with Gasteiger partial charge in [0.15, 0.2) is 0 Å². The summed E-state index contributed by atoms with van der Waals surface area (Å²) in [5.74, 6) is 0. The van der Waals surface area contributed by atoms with Gasteiger partial charge in [-0.3, -0.25) is 14.3 Å². The number of hydrogen-bond acceptors (Lipinski definition) is 2. The highest BCUT2D eigenvalue weighted by Crippen LogP contribution is 2.23. The molecule has 0 spiro atoms. The molecule has 0 aliphatic rings. The van der Waals surface area contributed by atoms with Crippen LogP contribution in [0.2, 0.25) is 0 Å². The zero-order chi connectivity index (χ0) is 18.1. The Hall–Kier alpha value is -2.94. The average Bonchev–Trinajstić information content (AvgIpc) is 2.66. The predicted octanol–water partition coefficient (Wildman–Crippen LogP) is 5.19. The summed E-state index contributed by atoms with van der Waals surface area (Å²) >= 11 is 0. The predicted molar refractivity (Wildman–Crippen MR) is 108 cm³/mol. The van der Waals surface area contributed by atoms with Crippen LogP contribution in [0.25, 0.3) is 27.4 Å². The Morgan fingerprint density at radius 3 is 2.69 bits per heavy atom. The molecular formula is C23H22N2O. The first kappa shape index (κ1) is 16.5. The average molecular weight is 342 g/mol. The van der Waals surface area contributed by atoms with Crippen LogP contribution in [0, 0.1) is 6.92 Å². The molecule has 2 aromatic carbocycles. The first-order chi connectivity index (χ1) is 12.7. The molecule has 3 heteroatoms. The maximum Gasteiger partial charge on any atom is 0.263 e. The molecule has 0 aliphatic heterocycles. The summed E-state index contributed by atoms with van der Waals surface area (Å²) in [7, 11) is 0. The number of pyridine rings is 2. The van der Waals surface area contributed by atoms with Gasteiger partial charge in [0.1, 0.15) is 0 Å². The smallest absolute Gasteiger partial charge is 0.263 e. The Balaban J connectivity index is 2.08. The summed E-state index contributed by atoms with van der Waals surface area (Å²) < 4.78 is 1.86. The molecule has 0 fully saturated rings. The number of aromatic nitrogens is 2. The monoisotopic (exact) mass is 342 g/mol. The van der Waals surface area contributed by atoms with Gasteiger partial charge in [-0.25, -0.2) is 0 Å². The van der Waals surface area contributed by atoms with Gasteiger partial charge in [0.05, 0.1) is 11.2 Å². The normalized spacial score (nSPS) is 11.3. The van der Waals surface area contributed by atoms with Crippen LogP contribution in [-0.4, -0.2) is 9.55 Å². The second kappa shape index (κ2) is 6.75. The molecule has 0 atom stereocenters. The number of aryl methyl sites for hydroxylation is 2. The van der Waals surface area contributed by atoms with Gasteiger partial charge < -0.3 is 0 Å². The second-order valence-electron chi connectivity index (χ2n) is 6.82. The van der Waals surface area contributed by atoms with E-state index in [9.17, 15) is 4.79 Å². The van der Waals surface area contributed by atoms with Crippen molar-refractivity contribution in [1.29, 1.82) is 0 Å². The van der Waals surface area contributed by atoms with E-state index in [-0.39, 0.29) is 5.56 Å². The Kier molecular flexibility index (Phi) is 4.29. The van der Waals surface area contributed by atoms with Gasteiger partial charge in [-0.15, -0.1) is 0 Å². The Morgan fingerprint density at radius 2 is 1.85 bits per heavy atom. The molecule has 0 bridgehead atoms. The summed E-state index contributed by atoms with van der Waals surface area (Å²) in [6.45, 7) is 4.23. The van der Waals surface area contributed by atoms with E-state index in [2.05, 4.69) is 31.0 Å². The highest BCUT2D eigenvalue weighted by molar-refractivity contribution is 5.88. The highest BCUT2D eigenvalue weighted by atomic mass is 16.1. The molecule has 0 N–H and O–H groups in total. The molecule has 2 aromatic heterocycles. The van der Waals surface area contributed by atoms with E-state index in [0.717, 1.165) is 52.3 Å². The minimum Gasteiger partial charge on any atom is -0.279 e. The molecule has 0 aliphatic carbocycles. The third-order valence-corrected chi connectivity index (χ3v) is 4.89. The van der Waals surface area contributed by atoms with Crippen LogP contribution < -0.4 is 5.56 Å². The van der Waals surface area contributed by atoms with E-state index in [0.29, 0.717) is 0 Å². The SMILES string of the molecule is CCCCc1cc2cc(C)ccc2c(=O)n1-c1cccc2cccnc12. The molecule has 4 rings (SSSR count). The van der Waals surface area contributed by atoms with Gasteiger partial charge in [0.2, 0.25) is 0 Å². The molecule has 26 heavy (non-hydrogen) atoms. The Bertz CT molecular complexity index is 1150. The standard InChI is InChI=1S/C23H22N2O/c1-3-4-9-19-15-18-14-16(2)11-12-20(18)23(26)25(19)21-10-5-7-17-8-6-13-24-22(17)21/h5-8,10-15H,3-4,9H2,1-2H3. The number of para-hydroxylation sites is 1. The van der Waals surface area contributed by atoms with Gasteiger partial charge in [0, 0.05) is 22.7 Å². The number of unbranched alkanes of at least 4 members (excludes halogenated alkanes) is 1. The maximum atomic E-state index is 13.4. The van der Waals surface area contributed by atoms with Gasteiger partial charge in [-0.2, -0.15) is 0 Å². The molecule has 3 nitrogen and oxygen atoms in total. The number of rotatable bonds is 4. The minimum absolute atomic E-state index is 0.0340. The van der Waals surface area contributed by atoms with Gasteiger partial charge in [-0.05, 0) is 49.4 Å². The van der Waals surface area contributed by atoms with Crippen molar-refractivity contribution in [3.63, 3.8) is 0 Å². The van der Waals surface area contributed by atoms with E-state index in [4.69, 9.17) is 0 Å². The molecular weight excluding hydrogens is 320 g/mol. The van der Waals surface area contributed by atoms with Crippen molar-refractivity contribution in [1.82, 2.24) is 9.55 Å². The Morgan fingerprint density at radius 1 is 1.00 bits per heavy atom. The summed E-state index contributed by atoms with van der Waals surface area (Å²) in [5, 5.41) is 2.82. The van der Waals surface area contributed by atoms with Crippen LogP contribution in [0.3, 0.4) is 0 Å². The van der Waals surface area contributed by atoms with Crippen molar-refractivity contribution in [3.05, 3.63) is 82.4 Å². The van der Waals surface area contributed by atoms with Crippen LogP contribution in [0.1, 0.15) is 31.0 Å². The molecule has 4 aromatic rings. The molecule has 0 saturated heterocycles. The van der Waals surface area contributed by atoms with E-state index >= 15 is 0 Å². The number of hydrogen-bond donors (Lipinski definition) is 0. The zero-order valence-electron chi connectivity index (χ0n) is 15.2. The van der Waals surface area contributed by atoms with Crippen molar-refractivity contribution in [3.8, 4) is 5.69 Å². The van der Waals surface area contributed by atoms with Crippen molar-refractivity contribution < 1.29 is 0 Å². The topological polar surface area (TPSA) is 34.9 Å². The fraction of sp³-hybridized carbons (Fsp3) is 0.217. The largest absolute Gasteiger partial charge is 0.279 e. The van der Waals surface area contributed by atoms with E-state index in [1.807, 2.05) is 47.0 Å². The summed E-state index contributed by atoms with van der Waals surface area (Å²) in [6, 6.07) is 18.2. The lowest BCUT2D eigenvalue weighted by molar-refractivity contribution is 0.749.